The molecule has 64 heavy (non-hydrogen) atoms. The van der Waals surface area contributed by atoms with E-state index in [0.717, 1.165) is 0 Å². The van der Waals surface area contributed by atoms with Crippen LogP contribution in [0, 0.1) is 94.7 Å². The van der Waals surface area contributed by atoms with Crippen LogP contribution in [0.25, 0.3) is 0 Å². The van der Waals surface area contributed by atoms with E-state index in [-0.39, 0.29) is 149 Å². The number of ketones is 6. The predicted molar refractivity (Wildman–Crippen MR) is 254 cm³/mol. The van der Waals surface area contributed by atoms with Gasteiger partial charge in [0.2, 0.25) is 11.8 Å². The van der Waals surface area contributed by atoms with Crippen LogP contribution < -0.4 is 0 Å². The Morgan fingerprint density at radius 3 is 0.859 bits per heavy atom. The summed E-state index contributed by atoms with van der Waals surface area (Å²) in [7, 11) is 0. The van der Waals surface area contributed by atoms with Crippen molar-refractivity contribution in [2.75, 3.05) is 6.54 Å². The molecule has 9 nitrogen and oxygen atoms in total. The number of allylic oxidation sites excluding steroid dienone is 8. The smallest absolute Gasteiger partial charge is 0.233 e. The van der Waals surface area contributed by atoms with Crippen molar-refractivity contribution in [3.63, 3.8) is 0 Å². The molecule has 4 aliphatic carbocycles. The number of amides is 2. The lowest BCUT2D eigenvalue weighted by molar-refractivity contribution is -0.140. The van der Waals surface area contributed by atoms with Crippen molar-refractivity contribution in [2.45, 2.75) is 120 Å². The van der Waals surface area contributed by atoms with E-state index in [2.05, 4.69) is 44.5 Å². The highest BCUT2D eigenvalue weighted by atomic mass is 16.2. The normalized spacial score (nSPS) is 35.4. The molecule has 4 saturated carbocycles. The quantitative estimate of drug-likeness (QED) is 0.0820. The van der Waals surface area contributed by atoms with E-state index in [1.807, 2.05) is 72.8 Å². The molecule has 5 rings (SSSR count). The Bertz CT molecular complexity index is 1790. The maximum Gasteiger partial charge on any atom is 0.233 e. The Labute approximate surface area is 384 Å². The lowest BCUT2D eigenvalue weighted by Gasteiger charge is -2.24. The topological polar surface area (TPSA) is 140 Å². The van der Waals surface area contributed by atoms with Gasteiger partial charge in [-0.15, -0.1) is 26.3 Å². The second-order valence-corrected chi connectivity index (χ2v) is 18.5. The Morgan fingerprint density at radius 2 is 0.625 bits per heavy atom. The van der Waals surface area contributed by atoms with Gasteiger partial charge in [0, 0.05) is 80.6 Å². The highest BCUT2D eigenvalue weighted by Crippen LogP contribution is 2.51. The van der Waals surface area contributed by atoms with Gasteiger partial charge in [-0.3, -0.25) is 43.3 Å². The molecule has 16 atom stereocenters. The van der Waals surface area contributed by atoms with Crippen molar-refractivity contribution in [1.29, 1.82) is 0 Å². The molecule has 0 aromatic rings. The van der Waals surface area contributed by atoms with Crippen molar-refractivity contribution in [2.24, 2.45) is 94.7 Å². The first-order chi connectivity index (χ1) is 30.1. The third kappa shape index (κ3) is 10.7. The minimum atomic E-state index is -0.350. The summed E-state index contributed by atoms with van der Waals surface area (Å²) in [6.45, 7) is 28.9. The van der Waals surface area contributed by atoms with Crippen molar-refractivity contribution in [1.82, 2.24) is 4.90 Å². The summed E-state index contributed by atoms with van der Waals surface area (Å²) in [5.74, 6) is -2.33. The molecule has 9 heteroatoms. The highest BCUT2D eigenvalue weighted by molar-refractivity contribution is 6.06. The summed E-state index contributed by atoms with van der Waals surface area (Å²) < 4.78 is 0. The first-order valence-corrected chi connectivity index (χ1v) is 24.0. The molecular formula is C55H79NO8. The Kier molecular flexibility index (Phi) is 20.4. The Hall–Kier alpha value is -4.40. The molecule has 0 radical (unpaired) electrons. The molecule has 0 spiro atoms. The molecule has 0 aromatic heterocycles. The number of carbonyl (C=O) groups is 8. The summed E-state index contributed by atoms with van der Waals surface area (Å²) in [5.41, 5.74) is 0. The number of imide groups is 1. The zero-order valence-electron chi connectivity index (χ0n) is 39.2. The number of hydrogen-bond acceptors (Lipinski definition) is 8. The van der Waals surface area contributed by atoms with Crippen LogP contribution in [0.5, 0.6) is 0 Å². The second-order valence-electron chi connectivity index (χ2n) is 18.5. The Morgan fingerprint density at radius 1 is 0.406 bits per heavy atom. The van der Waals surface area contributed by atoms with Gasteiger partial charge >= 0.3 is 0 Å². The largest absolute Gasteiger partial charge is 0.299 e. The monoisotopic (exact) mass is 882 g/mol. The van der Waals surface area contributed by atoms with E-state index in [0.29, 0.717) is 70.8 Å². The van der Waals surface area contributed by atoms with Gasteiger partial charge in [0.1, 0.15) is 34.7 Å². The van der Waals surface area contributed by atoms with Gasteiger partial charge in [-0.05, 0) is 80.0 Å². The molecule has 352 valence electrons. The SMILES string of the molecule is C.C=CC1CC(/C=C\C2CC(C=C)C(C(=O)CC)C2C(=O)CC)C(C(=O)CC)C1C(=O)CC.C=CC1CC(/C=C\C2CC(C=C)C3C(=O)N(CC)C(=O)C23)C(C(=O)CC)C1C(=O)CC. The molecule has 16 unspecified atom stereocenters. The van der Waals surface area contributed by atoms with Crippen molar-refractivity contribution >= 4 is 46.5 Å². The lowest BCUT2D eigenvalue weighted by atomic mass is 9.78. The van der Waals surface area contributed by atoms with Crippen LogP contribution in [0.2, 0.25) is 0 Å². The minimum Gasteiger partial charge on any atom is -0.299 e. The third-order valence-electron chi connectivity index (χ3n) is 15.6. The fraction of sp³-hybridized carbons (Fsp3) is 0.636. The molecule has 5 aliphatic rings. The zero-order chi connectivity index (χ0) is 46.9. The first-order valence-electron chi connectivity index (χ1n) is 24.0. The van der Waals surface area contributed by atoms with E-state index in [9.17, 15) is 38.4 Å². The summed E-state index contributed by atoms with van der Waals surface area (Å²) in [6.07, 6.45) is 20.8. The number of rotatable bonds is 21. The van der Waals surface area contributed by atoms with E-state index >= 15 is 0 Å². The molecule has 0 aromatic carbocycles. The van der Waals surface area contributed by atoms with Gasteiger partial charge in [0.15, 0.2) is 0 Å². The lowest BCUT2D eigenvalue weighted by Crippen LogP contribution is -2.33. The van der Waals surface area contributed by atoms with Gasteiger partial charge in [0.05, 0.1) is 11.8 Å². The fourth-order valence-corrected chi connectivity index (χ4v) is 12.4. The fourth-order valence-electron chi connectivity index (χ4n) is 12.4. The third-order valence-corrected chi connectivity index (χ3v) is 15.6. The summed E-state index contributed by atoms with van der Waals surface area (Å²) in [6, 6.07) is 0. The standard InChI is InChI=1S/C28H40O4.C26H35NO4.CH4/c1-7-17-15-19(27(23(31)11-5)25(17)21(29)9-3)13-14-20-16-18(8-2)26(22(30)10-4)28(20)24(32)12-6;1-6-15-13-17(22(20(29)9-4)21(15)19(28)8-3)11-12-18-14-16(7-2)23-24(18)26(31)27(10-5)25(23)30;/h7-8,13-14,17-20,25-28H,1-2,9-12,15-16H2,3-6H3;6-7,11-12,15-18,21-24H,1-2,8-10,13-14H2,3-5H3;1H4/b14-13-;12-11-;. The number of likely N-dealkylation sites (tertiary alicyclic amines) is 1. The van der Waals surface area contributed by atoms with Crippen LogP contribution >= 0.6 is 0 Å². The van der Waals surface area contributed by atoms with Gasteiger partial charge in [-0.25, -0.2) is 0 Å². The van der Waals surface area contributed by atoms with Crippen LogP contribution in [-0.2, 0) is 38.4 Å². The van der Waals surface area contributed by atoms with Crippen molar-refractivity contribution in [3.8, 4) is 0 Å². The molecule has 5 fully saturated rings. The van der Waals surface area contributed by atoms with E-state index in [1.165, 1.54) is 4.90 Å². The van der Waals surface area contributed by atoms with Gasteiger partial charge < -0.3 is 0 Å². The number of carbonyl (C=O) groups excluding carboxylic acids is 8. The second kappa shape index (κ2) is 24.2. The van der Waals surface area contributed by atoms with E-state index < -0.39 is 0 Å². The summed E-state index contributed by atoms with van der Waals surface area (Å²) >= 11 is 0. The molecule has 1 heterocycles. The summed E-state index contributed by atoms with van der Waals surface area (Å²) in [4.78, 5) is 104. The van der Waals surface area contributed by atoms with E-state index in [1.54, 1.807) is 6.08 Å². The number of nitrogens with zero attached hydrogens (tertiary/aromatic N) is 1. The van der Waals surface area contributed by atoms with Crippen LogP contribution in [0.15, 0.2) is 74.9 Å². The highest BCUT2D eigenvalue weighted by Gasteiger charge is 2.57. The van der Waals surface area contributed by atoms with Gasteiger partial charge in [-0.1, -0.05) is 97.6 Å². The van der Waals surface area contributed by atoms with Crippen LogP contribution in [0.1, 0.15) is 120 Å². The zero-order valence-corrected chi connectivity index (χ0v) is 39.2. The minimum absolute atomic E-state index is 0. The van der Waals surface area contributed by atoms with E-state index in [4.69, 9.17) is 0 Å². The molecule has 2 amide bonds. The molecule has 1 aliphatic heterocycles. The number of hydrogen-bond donors (Lipinski definition) is 0. The average molecular weight is 882 g/mol. The van der Waals surface area contributed by atoms with Crippen molar-refractivity contribution < 1.29 is 38.4 Å². The molecule has 0 N–H and O–H groups in total. The first kappa shape index (κ1) is 53.9. The molecule has 0 bridgehead atoms. The average Bonchev–Trinajstić information content (AvgIpc) is 4.11. The van der Waals surface area contributed by atoms with Gasteiger partial charge in [-0.2, -0.15) is 0 Å². The van der Waals surface area contributed by atoms with Crippen LogP contribution in [0.4, 0.5) is 0 Å². The van der Waals surface area contributed by atoms with Gasteiger partial charge in [0.25, 0.3) is 0 Å². The predicted octanol–water partition coefficient (Wildman–Crippen LogP) is 10.2. The van der Waals surface area contributed by atoms with Crippen LogP contribution in [0.3, 0.4) is 0 Å². The number of Topliss-reactive ketones (excluding diaryl/α,β-unsaturated/α-hetero) is 6. The number of fused-ring (bicyclic) bond motifs is 1. The van der Waals surface area contributed by atoms with Crippen molar-refractivity contribution in [3.05, 3.63) is 74.9 Å². The Balaban J connectivity index is 0.000000335. The maximum absolute atomic E-state index is 12.9. The van der Waals surface area contributed by atoms with Crippen LogP contribution in [-0.4, -0.2) is 58.0 Å². The summed E-state index contributed by atoms with van der Waals surface area (Å²) in [5, 5.41) is 0. The molecular weight excluding hydrogens is 803 g/mol. The molecule has 1 saturated heterocycles. The maximum atomic E-state index is 12.9.